The zero-order valence-electron chi connectivity index (χ0n) is 34.8. The second-order valence-corrected chi connectivity index (χ2v) is 19.0. The minimum absolute atomic E-state index is 0.156. The molecular formula is C60H43NS. The van der Waals surface area contributed by atoms with Crippen molar-refractivity contribution in [1.29, 1.82) is 0 Å². The number of anilines is 3. The zero-order valence-corrected chi connectivity index (χ0v) is 35.6. The van der Waals surface area contributed by atoms with E-state index in [0.717, 1.165) is 18.5 Å². The summed E-state index contributed by atoms with van der Waals surface area (Å²) in [5, 5.41) is 2.66. The normalized spacial score (nSPS) is 16.3. The van der Waals surface area contributed by atoms with E-state index in [1.165, 1.54) is 109 Å². The molecule has 1 heterocycles. The average molecular weight is 810 g/mol. The standard InChI is InChI=1S/C60H43NS/c1-59(2)51-24-9-4-17-44(51)47-21-13-22-48(58(47)59)46-18-6-11-26-54(46)61(40-31-29-38(30-32-40)42-20-14-28-56-57(42)49-19-7-12-27-55(49)62-56)41-33-34-45-43-16-5-10-25-52(43)60(53(45)37-41)36-35-39-15-3-8-23-50(39)60/h3-34,37H,35-36H2,1-2H3. The molecule has 1 atom stereocenters. The van der Waals surface area contributed by atoms with Crippen LogP contribution in [-0.2, 0) is 17.3 Å². The van der Waals surface area contributed by atoms with Crippen molar-refractivity contribution in [2.75, 3.05) is 4.90 Å². The predicted molar refractivity (Wildman–Crippen MR) is 263 cm³/mol. The van der Waals surface area contributed by atoms with Gasteiger partial charge in [-0.1, -0.05) is 172 Å². The number of benzene rings is 9. The van der Waals surface area contributed by atoms with Gasteiger partial charge < -0.3 is 4.90 Å². The number of hydrogen-bond donors (Lipinski definition) is 0. The van der Waals surface area contributed by atoms with E-state index >= 15 is 0 Å². The quantitative estimate of drug-likeness (QED) is 0.167. The van der Waals surface area contributed by atoms with Crippen LogP contribution in [0.5, 0.6) is 0 Å². The van der Waals surface area contributed by atoms with Crippen LogP contribution in [0.4, 0.5) is 17.1 Å². The Bertz CT molecular complexity index is 3460. The van der Waals surface area contributed by atoms with Crippen molar-refractivity contribution in [3.63, 3.8) is 0 Å². The Kier molecular flexibility index (Phi) is 7.63. The maximum Gasteiger partial charge on any atom is 0.0540 e. The smallest absolute Gasteiger partial charge is 0.0540 e. The summed E-state index contributed by atoms with van der Waals surface area (Å²) < 4.78 is 2.65. The Morgan fingerprint density at radius 3 is 1.85 bits per heavy atom. The number of rotatable bonds is 5. The fraction of sp³-hybridized carbons (Fsp3) is 0.100. The molecule has 3 aliphatic rings. The molecular weight excluding hydrogens is 767 g/mol. The van der Waals surface area contributed by atoms with Gasteiger partial charge in [-0.05, 0) is 128 Å². The third-order valence-electron chi connectivity index (χ3n) is 14.5. The molecule has 3 aliphatic carbocycles. The van der Waals surface area contributed by atoms with Crippen molar-refractivity contribution in [3.8, 4) is 44.5 Å². The largest absolute Gasteiger partial charge is 0.310 e. The van der Waals surface area contributed by atoms with E-state index in [1.54, 1.807) is 0 Å². The lowest BCUT2D eigenvalue weighted by atomic mass is 9.73. The molecule has 62 heavy (non-hydrogen) atoms. The van der Waals surface area contributed by atoms with Crippen LogP contribution in [0, 0.1) is 0 Å². The van der Waals surface area contributed by atoms with Gasteiger partial charge in [-0.2, -0.15) is 0 Å². The van der Waals surface area contributed by atoms with Crippen molar-refractivity contribution in [3.05, 3.63) is 234 Å². The third kappa shape index (κ3) is 4.90. The lowest BCUT2D eigenvalue weighted by molar-refractivity contribution is 0.626. The molecule has 0 N–H and O–H groups in total. The summed E-state index contributed by atoms with van der Waals surface area (Å²) in [6.45, 7) is 4.79. The van der Waals surface area contributed by atoms with E-state index in [-0.39, 0.29) is 10.8 Å². The van der Waals surface area contributed by atoms with Gasteiger partial charge in [0, 0.05) is 47.9 Å². The second-order valence-electron chi connectivity index (χ2n) is 17.9. The first kappa shape index (κ1) is 35.7. The molecule has 0 fully saturated rings. The van der Waals surface area contributed by atoms with Gasteiger partial charge >= 0.3 is 0 Å². The Balaban J connectivity index is 1.03. The fourth-order valence-corrected chi connectivity index (χ4v) is 13.0. The van der Waals surface area contributed by atoms with Crippen molar-refractivity contribution >= 4 is 48.6 Å². The molecule has 1 nitrogen and oxygen atoms in total. The fourth-order valence-electron chi connectivity index (χ4n) is 11.9. The summed E-state index contributed by atoms with van der Waals surface area (Å²) >= 11 is 1.88. The number of thiophene rings is 1. The lowest BCUT2D eigenvalue weighted by Crippen LogP contribution is -2.24. The molecule has 1 spiro atoms. The molecule has 10 aromatic rings. The van der Waals surface area contributed by atoms with Gasteiger partial charge in [-0.25, -0.2) is 0 Å². The molecule has 0 amide bonds. The summed E-state index contributed by atoms with van der Waals surface area (Å²) in [5.74, 6) is 0. The van der Waals surface area contributed by atoms with Crippen molar-refractivity contribution in [1.82, 2.24) is 0 Å². The maximum atomic E-state index is 2.54. The maximum absolute atomic E-state index is 2.54. The number of hydrogen-bond acceptors (Lipinski definition) is 2. The molecule has 294 valence electrons. The van der Waals surface area contributed by atoms with Crippen LogP contribution in [0.15, 0.2) is 200 Å². The molecule has 0 saturated carbocycles. The van der Waals surface area contributed by atoms with E-state index in [0.29, 0.717) is 0 Å². The third-order valence-corrected chi connectivity index (χ3v) is 15.6. The van der Waals surface area contributed by atoms with Crippen LogP contribution in [0.2, 0.25) is 0 Å². The molecule has 1 aromatic heterocycles. The summed E-state index contributed by atoms with van der Waals surface area (Å²) in [7, 11) is 0. The lowest BCUT2D eigenvalue weighted by Gasteiger charge is -2.32. The Labute approximate surface area is 367 Å². The van der Waals surface area contributed by atoms with Gasteiger partial charge in [-0.3, -0.25) is 0 Å². The first-order valence-corrected chi connectivity index (χ1v) is 22.8. The minimum Gasteiger partial charge on any atom is -0.310 e. The van der Waals surface area contributed by atoms with E-state index < -0.39 is 0 Å². The molecule has 0 radical (unpaired) electrons. The second kappa shape index (κ2) is 13.2. The van der Waals surface area contributed by atoms with Crippen LogP contribution in [0.3, 0.4) is 0 Å². The summed E-state index contributed by atoms with van der Waals surface area (Å²) in [4.78, 5) is 2.53. The summed E-state index contributed by atoms with van der Waals surface area (Å²) in [6.07, 6.45) is 2.14. The molecule has 13 rings (SSSR count). The van der Waals surface area contributed by atoms with Gasteiger partial charge in [0.2, 0.25) is 0 Å². The zero-order chi connectivity index (χ0) is 41.2. The molecule has 0 bridgehead atoms. The number of para-hydroxylation sites is 1. The van der Waals surface area contributed by atoms with E-state index in [2.05, 4.69) is 219 Å². The number of fused-ring (bicyclic) bond motifs is 13. The van der Waals surface area contributed by atoms with Gasteiger partial charge in [0.25, 0.3) is 0 Å². The molecule has 2 heteroatoms. The number of aryl methyl sites for hydroxylation is 1. The molecule has 9 aromatic carbocycles. The summed E-state index contributed by atoms with van der Waals surface area (Å²) in [6, 6.07) is 75.6. The van der Waals surface area contributed by atoms with Crippen LogP contribution in [0.1, 0.15) is 53.6 Å². The monoisotopic (exact) mass is 809 g/mol. The highest BCUT2D eigenvalue weighted by molar-refractivity contribution is 7.25. The first-order chi connectivity index (χ1) is 30.5. The molecule has 0 saturated heterocycles. The van der Waals surface area contributed by atoms with Gasteiger partial charge in [-0.15, -0.1) is 11.3 Å². The van der Waals surface area contributed by atoms with Crippen LogP contribution in [-0.4, -0.2) is 0 Å². The van der Waals surface area contributed by atoms with E-state index in [4.69, 9.17) is 0 Å². The van der Waals surface area contributed by atoms with Crippen LogP contribution < -0.4 is 4.90 Å². The van der Waals surface area contributed by atoms with E-state index in [9.17, 15) is 0 Å². The predicted octanol–water partition coefficient (Wildman–Crippen LogP) is 16.4. The van der Waals surface area contributed by atoms with Gasteiger partial charge in [0.15, 0.2) is 0 Å². The van der Waals surface area contributed by atoms with Gasteiger partial charge in [0.05, 0.1) is 5.69 Å². The molecule has 1 unspecified atom stereocenters. The highest BCUT2D eigenvalue weighted by Gasteiger charge is 2.48. The SMILES string of the molecule is CC1(C)c2ccccc2-c2cccc(-c3ccccc3N(c3ccc(-c4cccc5sc6ccccc6c45)cc3)c3ccc4c(c3)C3(CCc5ccccc53)c3ccccc3-4)c21. The Morgan fingerprint density at radius 1 is 0.435 bits per heavy atom. The first-order valence-electron chi connectivity index (χ1n) is 22.0. The highest BCUT2D eigenvalue weighted by Crippen LogP contribution is 2.60. The minimum atomic E-state index is -0.189. The van der Waals surface area contributed by atoms with Crippen molar-refractivity contribution in [2.24, 2.45) is 0 Å². The number of nitrogens with zero attached hydrogens (tertiary/aromatic N) is 1. The molecule has 0 aliphatic heterocycles. The Hall–Kier alpha value is -7.00. The van der Waals surface area contributed by atoms with Crippen LogP contribution in [0.25, 0.3) is 64.7 Å². The van der Waals surface area contributed by atoms with Crippen molar-refractivity contribution < 1.29 is 0 Å². The summed E-state index contributed by atoms with van der Waals surface area (Å²) in [5.41, 5.74) is 22.1. The topological polar surface area (TPSA) is 3.24 Å². The van der Waals surface area contributed by atoms with E-state index in [1.807, 2.05) is 11.3 Å². The average Bonchev–Trinajstić information content (AvgIpc) is 4.05. The van der Waals surface area contributed by atoms with Crippen molar-refractivity contribution in [2.45, 2.75) is 37.5 Å². The van der Waals surface area contributed by atoms with Gasteiger partial charge in [0.1, 0.15) is 0 Å². The Morgan fingerprint density at radius 2 is 1.02 bits per heavy atom. The highest BCUT2D eigenvalue weighted by atomic mass is 32.1. The van der Waals surface area contributed by atoms with Crippen LogP contribution >= 0.6 is 11.3 Å².